The average molecular weight is 440 g/mol. The minimum absolute atomic E-state index is 0.00580. The van der Waals surface area contributed by atoms with Crippen molar-refractivity contribution in [3.05, 3.63) is 58.8 Å². The molecule has 0 radical (unpaired) electrons. The van der Waals surface area contributed by atoms with Crippen molar-refractivity contribution in [1.29, 1.82) is 0 Å². The highest BCUT2D eigenvalue weighted by atomic mass is 32.1. The zero-order valence-electron chi connectivity index (χ0n) is 17.6. The van der Waals surface area contributed by atoms with Gasteiger partial charge in [0.2, 0.25) is 0 Å². The Morgan fingerprint density at radius 3 is 2.61 bits per heavy atom. The number of amides is 2. The lowest BCUT2D eigenvalue weighted by Crippen LogP contribution is -2.46. The van der Waals surface area contributed by atoms with E-state index in [4.69, 9.17) is 9.15 Å². The third-order valence-corrected chi connectivity index (χ3v) is 6.26. The fraction of sp³-hybridized carbons (Fsp3) is 0.348. The minimum Gasteiger partial charge on any atom is -0.494 e. The molecular formula is C23H25N3O4S. The number of likely N-dealkylation sites (tertiary alicyclic amines) is 1. The summed E-state index contributed by atoms with van der Waals surface area (Å²) < 4.78 is 10.8. The number of piperidine rings is 1. The van der Waals surface area contributed by atoms with Crippen molar-refractivity contribution >= 4 is 23.2 Å². The van der Waals surface area contributed by atoms with E-state index in [2.05, 4.69) is 10.3 Å². The molecule has 1 aliphatic rings. The molecule has 0 atom stereocenters. The van der Waals surface area contributed by atoms with Gasteiger partial charge in [0, 0.05) is 29.6 Å². The Labute approximate surface area is 185 Å². The van der Waals surface area contributed by atoms with Crippen LogP contribution in [0, 0.1) is 6.92 Å². The smallest absolute Gasteiger partial charge is 0.271 e. The molecule has 1 saturated heterocycles. The number of aryl methyl sites for hydroxylation is 1. The number of rotatable bonds is 6. The molecule has 0 spiro atoms. The number of hydrogen-bond acceptors (Lipinski definition) is 6. The molecule has 4 rings (SSSR count). The van der Waals surface area contributed by atoms with Gasteiger partial charge in [-0.1, -0.05) is 0 Å². The Morgan fingerprint density at radius 1 is 1.23 bits per heavy atom. The molecule has 0 bridgehead atoms. The number of nitrogens with one attached hydrogen (secondary N) is 1. The lowest BCUT2D eigenvalue weighted by molar-refractivity contribution is 0.0697. The summed E-state index contributed by atoms with van der Waals surface area (Å²) in [6.45, 7) is 5.61. The molecule has 0 aliphatic carbocycles. The summed E-state index contributed by atoms with van der Waals surface area (Å²) in [5, 5.41) is 3.77. The van der Waals surface area contributed by atoms with Crippen molar-refractivity contribution in [2.75, 3.05) is 19.7 Å². The topological polar surface area (TPSA) is 84.7 Å². The molecule has 3 aromatic rings. The highest BCUT2D eigenvalue weighted by molar-refractivity contribution is 7.15. The first-order valence-electron chi connectivity index (χ1n) is 10.4. The number of nitrogens with zero attached hydrogens (tertiary/aromatic N) is 2. The van der Waals surface area contributed by atoms with Crippen LogP contribution in [-0.2, 0) is 0 Å². The summed E-state index contributed by atoms with van der Waals surface area (Å²) in [7, 11) is 0. The zero-order chi connectivity index (χ0) is 21.8. The fourth-order valence-electron chi connectivity index (χ4n) is 3.64. The quantitative estimate of drug-likeness (QED) is 0.624. The number of carbonyl (C=O) groups is 2. The Morgan fingerprint density at radius 2 is 1.97 bits per heavy atom. The molecule has 0 saturated carbocycles. The van der Waals surface area contributed by atoms with E-state index in [1.165, 1.54) is 11.3 Å². The maximum Gasteiger partial charge on any atom is 0.271 e. The first-order valence-corrected chi connectivity index (χ1v) is 11.2. The van der Waals surface area contributed by atoms with Crippen molar-refractivity contribution in [1.82, 2.24) is 15.2 Å². The number of hydrogen-bond donors (Lipinski definition) is 1. The Kier molecular flexibility index (Phi) is 6.36. The molecule has 31 heavy (non-hydrogen) atoms. The minimum atomic E-state index is -0.178. The number of thiazole rings is 1. The van der Waals surface area contributed by atoms with Crippen LogP contribution in [0.5, 0.6) is 5.75 Å². The van der Waals surface area contributed by atoms with Crippen molar-refractivity contribution in [2.45, 2.75) is 32.7 Å². The largest absolute Gasteiger partial charge is 0.494 e. The van der Waals surface area contributed by atoms with E-state index in [1.807, 2.05) is 36.9 Å². The van der Waals surface area contributed by atoms with E-state index in [1.54, 1.807) is 24.5 Å². The Hall–Kier alpha value is -3.13. The van der Waals surface area contributed by atoms with Crippen LogP contribution in [0.3, 0.4) is 0 Å². The van der Waals surface area contributed by atoms with Crippen molar-refractivity contribution in [3.8, 4) is 16.5 Å². The highest BCUT2D eigenvalue weighted by Crippen LogP contribution is 2.28. The fourth-order valence-corrected chi connectivity index (χ4v) is 4.52. The maximum absolute atomic E-state index is 12.8. The van der Waals surface area contributed by atoms with Crippen LogP contribution in [0.25, 0.3) is 10.8 Å². The lowest BCUT2D eigenvalue weighted by Gasteiger charge is -2.32. The molecule has 2 amide bonds. The Bertz CT molecular complexity index is 1040. The van der Waals surface area contributed by atoms with Gasteiger partial charge in [-0.05, 0) is 63.1 Å². The second-order valence-electron chi connectivity index (χ2n) is 7.40. The van der Waals surface area contributed by atoms with Gasteiger partial charge in [-0.25, -0.2) is 4.98 Å². The van der Waals surface area contributed by atoms with Gasteiger partial charge in [0.25, 0.3) is 11.8 Å². The van der Waals surface area contributed by atoms with Gasteiger partial charge in [-0.15, -0.1) is 11.3 Å². The summed E-state index contributed by atoms with van der Waals surface area (Å²) >= 11 is 1.44. The summed E-state index contributed by atoms with van der Waals surface area (Å²) in [5.74, 6) is 1.25. The number of carbonyl (C=O) groups excluding carboxylic acids is 2. The van der Waals surface area contributed by atoms with E-state index in [0.29, 0.717) is 54.6 Å². The average Bonchev–Trinajstić information content (AvgIpc) is 3.44. The molecule has 8 heteroatoms. The number of aromatic nitrogens is 1. The van der Waals surface area contributed by atoms with E-state index in [9.17, 15) is 9.59 Å². The maximum atomic E-state index is 12.8. The van der Waals surface area contributed by atoms with E-state index in [0.717, 1.165) is 10.6 Å². The van der Waals surface area contributed by atoms with Crippen LogP contribution in [-0.4, -0.2) is 47.4 Å². The highest BCUT2D eigenvalue weighted by Gasteiger charge is 2.26. The molecule has 0 unspecified atom stereocenters. The van der Waals surface area contributed by atoms with Crippen LogP contribution in [0.2, 0.25) is 0 Å². The third-order valence-electron chi connectivity index (χ3n) is 5.27. The number of ether oxygens (including phenoxy) is 1. The number of benzene rings is 1. The molecule has 1 N–H and O–H groups in total. The van der Waals surface area contributed by atoms with Crippen molar-refractivity contribution in [2.24, 2.45) is 0 Å². The predicted octanol–water partition coefficient (Wildman–Crippen LogP) is 4.14. The summed E-state index contributed by atoms with van der Waals surface area (Å²) in [5.41, 5.74) is 1.08. The predicted molar refractivity (Wildman–Crippen MR) is 119 cm³/mol. The third kappa shape index (κ3) is 4.80. The van der Waals surface area contributed by atoms with E-state index in [-0.39, 0.29) is 17.9 Å². The van der Waals surface area contributed by atoms with Crippen LogP contribution >= 0.6 is 11.3 Å². The monoisotopic (exact) mass is 439 g/mol. The second kappa shape index (κ2) is 9.34. The molecule has 3 heterocycles. The molecule has 2 aromatic heterocycles. The Balaban J connectivity index is 1.32. The van der Waals surface area contributed by atoms with E-state index < -0.39 is 0 Å². The molecule has 162 valence electrons. The zero-order valence-corrected chi connectivity index (χ0v) is 18.4. The van der Waals surface area contributed by atoms with Crippen LogP contribution in [0.4, 0.5) is 0 Å². The van der Waals surface area contributed by atoms with Gasteiger partial charge in [0.15, 0.2) is 10.8 Å². The summed E-state index contributed by atoms with van der Waals surface area (Å²) in [4.78, 5) is 32.7. The first-order chi connectivity index (χ1) is 15.0. The van der Waals surface area contributed by atoms with Gasteiger partial charge in [-0.2, -0.15) is 0 Å². The van der Waals surface area contributed by atoms with Crippen LogP contribution < -0.4 is 10.1 Å². The van der Waals surface area contributed by atoms with Gasteiger partial charge in [-0.3, -0.25) is 9.59 Å². The van der Waals surface area contributed by atoms with Gasteiger partial charge >= 0.3 is 0 Å². The van der Waals surface area contributed by atoms with Gasteiger partial charge < -0.3 is 19.4 Å². The molecule has 1 fully saturated rings. The number of furan rings is 1. The summed E-state index contributed by atoms with van der Waals surface area (Å²) in [6.07, 6.45) is 3.01. The molecule has 1 aliphatic heterocycles. The normalized spacial score (nSPS) is 14.5. The standard InChI is InChI=1S/C23H25N3O4S/c1-3-29-18-8-6-16(7-9-18)23(28)26-12-10-17(11-13-26)24-21(27)20-15(2)31-22(25-20)19-5-4-14-30-19/h4-9,14,17H,3,10-13H2,1-2H3,(H,24,27). The molecule has 7 nitrogen and oxygen atoms in total. The van der Waals surface area contributed by atoms with Gasteiger partial charge in [0.1, 0.15) is 11.4 Å². The van der Waals surface area contributed by atoms with E-state index >= 15 is 0 Å². The van der Waals surface area contributed by atoms with Crippen molar-refractivity contribution in [3.63, 3.8) is 0 Å². The SMILES string of the molecule is CCOc1ccc(C(=O)N2CCC(NC(=O)c3nc(-c4ccco4)sc3C)CC2)cc1. The lowest BCUT2D eigenvalue weighted by atomic mass is 10.0. The molecule has 1 aromatic carbocycles. The van der Waals surface area contributed by atoms with Gasteiger partial charge in [0.05, 0.1) is 12.9 Å². The first kappa shape index (κ1) is 21.1. The van der Waals surface area contributed by atoms with Crippen molar-refractivity contribution < 1.29 is 18.7 Å². The second-order valence-corrected chi connectivity index (χ2v) is 8.60. The van der Waals surface area contributed by atoms with Crippen LogP contribution in [0.1, 0.15) is 45.5 Å². The molecular weight excluding hydrogens is 414 g/mol. The van der Waals surface area contributed by atoms with Crippen LogP contribution in [0.15, 0.2) is 47.1 Å². The summed E-state index contributed by atoms with van der Waals surface area (Å²) in [6, 6.07) is 10.9.